The number of halogens is 1. The standard InChI is InChI=1S/C19H26FN3O2S/c1-4-21-18(23-13-19(2,24)17-6-5-9-25-17)22-11-14-7-8-16(20)10-15(14)12-26-3/h5-10,24H,4,11-13H2,1-3H3,(H2,21,22,23). The molecule has 0 radical (unpaired) electrons. The van der Waals surface area contributed by atoms with Crippen LogP contribution in [-0.2, 0) is 17.9 Å². The van der Waals surface area contributed by atoms with E-state index in [1.54, 1.807) is 43.0 Å². The highest BCUT2D eigenvalue weighted by Gasteiger charge is 2.26. The van der Waals surface area contributed by atoms with E-state index >= 15 is 0 Å². The summed E-state index contributed by atoms with van der Waals surface area (Å²) in [6.07, 6.45) is 3.52. The molecule has 1 heterocycles. The molecule has 0 spiro atoms. The van der Waals surface area contributed by atoms with Crippen LogP contribution in [0, 0.1) is 5.82 Å². The van der Waals surface area contributed by atoms with Crippen molar-refractivity contribution in [1.82, 2.24) is 10.6 Å². The molecule has 0 amide bonds. The second kappa shape index (κ2) is 9.64. The fourth-order valence-electron chi connectivity index (χ4n) is 2.47. The topological polar surface area (TPSA) is 69.8 Å². The van der Waals surface area contributed by atoms with E-state index < -0.39 is 5.60 Å². The Hall–Kier alpha value is -1.99. The highest BCUT2D eigenvalue weighted by molar-refractivity contribution is 7.97. The number of guanidine groups is 1. The van der Waals surface area contributed by atoms with E-state index in [1.165, 1.54) is 12.3 Å². The van der Waals surface area contributed by atoms with Crippen molar-refractivity contribution in [2.24, 2.45) is 4.99 Å². The number of aliphatic imine (C=N–C) groups is 1. The maximum absolute atomic E-state index is 13.5. The lowest BCUT2D eigenvalue weighted by atomic mass is 10.0. The van der Waals surface area contributed by atoms with Crippen molar-refractivity contribution >= 4 is 17.7 Å². The average Bonchev–Trinajstić information content (AvgIpc) is 3.14. The zero-order chi connectivity index (χ0) is 19.0. The minimum atomic E-state index is -1.15. The molecule has 3 N–H and O–H groups in total. The van der Waals surface area contributed by atoms with Gasteiger partial charge in [0.25, 0.3) is 0 Å². The summed E-state index contributed by atoms with van der Waals surface area (Å²) < 4.78 is 18.8. The number of benzene rings is 1. The van der Waals surface area contributed by atoms with E-state index in [4.69, 9.17) is 4.42 Å². The largest absolute Gasteiger partial charge is 0.466 e. The molecule has 0 aliphatic carbocycles. The lowest BCUT2D eigenvalue weighted by Gasteiger charge is -2.22. The van der Waals surface area contributed by atoms with Gasteiger partial charge in [0.05, 0.1) is 19.4 Å². The molecule has 142 valence electrons. The minimum absolute atomic E-state index is 0.235. The summed E-state index contributed by atoms with van der Waals surface area (Å²) in [6.45, 7) is 5.01. The van der Waals surface area contributed by atoms with E-state index in [9.17, 15) is 9.50 Å². The first kappa shape index (κ1) is 20.3. The maximum atomic E-state index is 13.5. The second-order valence-corrected chi connectivity index (χ2v) is 7.01. The summed E-state index contributed by atoms with van der Waals surface area (Å²) >= 11 is 1.64. The zero-order valence-electron chi connectivity index (χ0n) is 15.4. The van der Waals surface area contributed by atoms with Gasteiger partial charge in [-0.25, -0.2) is 9.38 Å². The Kier molecular flexibility index (Phi) is 7.53. The van der Waals surface area contributed by atoms with Crippen molar-refractivity contribution in [3.63, 3.8) is 0 Å². The Labute approximate surface area is 158 Å². The Bertz CT molecular complexity index is 718. The van der Waals surface area contributed by atoms with Gasteiger partial charge >= 0.3 is 0 Å². The van der Waals surface area contributed by atoms with Gasteiger partial charge in [0.2, 0.25) is 0 Å². The quantitative estimate of drug-likeness (QED) is 0.485. The average molecular weight is 380 g/mol. The highest BCUT2D eigenvalue weighted by Crippen LogP contribution is 2.20. The van der Waals surface area contributed by atoms with Crippen molar-refractivity contribution in [2.45, 2.75) is 31.7 Å². The predicted octanol–water partition coefficient (Wildman–Crippen LogP) is 3.24. The first-order valence-electron chi connectivity index (χ1n) is 8.51. The molecular formula is C19H26FN3O2S. The molecule has 0 aliphatic rings. The molecule has 5 nitrogen and oxygen atoms in total. The smallest absolute Gasteiger partial charge is 0.191 e. The van der Waals surface area contributed by atoms with Gasteiger partial charge in [-0.2, -0.15) is 11.8 Å². The third-order valence-electron chi connectivity index (χ3n) is 3.87. The molecule has 1 atom stereocenters. The summed E-state index contributed by atoms with van der Waals surface area (Å²) in [7, 11) is 0. The Morgan fingerprint density at radius 3 is 2.77 bits per heavy atom. The summed E-state index contributed by atoms with van der Waals surface area (Å²) in [5.41, 5.74) is 0.773. The van der Waals surface area contributed by atoms with Crippen LogP contribution < -0.4 is 10.6 Å². The third kappa shape index (κ3) is 5.78. The fraction of sp³-hybridized carbons (Fsp3) is 0.421. The minimum Gasteiger partial charge on any atom is -0.466 e. The third-order valence-corrected chi connectivity index (χ3v) is 4.47. The Balaban J connectivity index is 2.07. The normalized spacial score (nSPS) is 14.1. The predicted molar refractivity (Wildman–Crippen MR) is 105 cm³/mol. The summed E-state index contributed by atoms with van der Waals surface area (Å²) in [5.74, 6) is 1.57. The van der Waals surface area contributed by atoms with Crippen molar-refractivity contribution in [3.05, 3.63) is 59.3 Å². The Morgan fingerprint density at radius 1 is 1.31 bits per heavy atom. The summed E-state index contributed by atoms with van der Waals surface area (Å²) in [5, 5.41) is 16.8. The Morgan fingerprint density at radius 2 is 2.12 bits per heavy atom. The zero-order valence-corrected chi connectivity index (χ0v) is 16.2. The van der Waals surface area contributed by atoms with Gasteiger partial charge in [-0.1, -0.05) is 6.07 Å². The SMILES string of the molecule is CCNC(=NCc1ccc(F)cc1CSC)NCC(C)(O)c1ccco1. The van der Waals surface area contributed by atoms with Crippen LogP contribution in [0.25, 0.3) is 0 Å². The first-order valence-corrected chi connectivity index (χ1v) is 9.90. The van der Waals surface area contributed by atoms with Crippen LogP contribution in [0.3, 0.4) is 0 Å². The molecule has 7 heteroatoms. The van der Waals surface area contributed by atoms with Gasteiger partial charge in [0.1, 0.15) is 17.2 Å². The van der Waals surface area contributed by atoms with E-state index in [-0.39, 0.29) is 12.4 Å². The molecule has 0 fully saturated rings. The van der Waals surface area contributed by atoms with Crippen LogP contribution in [0.2, 0.25) is 0 Å². The van der Waals surface area contributed by atoms with E-state index in [1.807, 2.05) is 13.2 Å². The number of nitrogens with one attached hydrogen (secondary N) is 2. The number of aliphatic hydroxyl groups is 1. The van der Waals surface area contributed by atoms with Gasteiger partial charge in [-0.3, -0.25) is 0 Å². The lowest BCUT2D eigenvalue weighted by molar-refractivity contribution is 0.0386. The molecule has 26 heavy (non-hydrogen) atoms. The molecule has 0 bridgehead atoms. The van der Waals surface area contributed by atoms with Gasteiger partial charge in [-0.05, 0) is 55.5 Å². The van der Waals surface area contributed by atoms with Gasteiger partial charge < -0.3 is 20.2 Å². The van der Waals surface area contributed by atoms with Crippen molar-refractivity contribution < 1.29 is 13.9 Å². The number of hydrogen-bond acceptors (Lipinski definition) is 4. The van der Waals surface area contributed by atoms with Gasteiger partial charge in [-0.15, -0.1) is 0 Å². The monoisotopic (exact) mass is 379 g/mol. The molecule has 0 saturated heterocycles. The molecular weight excluding hydrogens is 353 g/mol. The summed E-state index contributed by atoms with van der Waals surface area (Å²) in [4.78, 5) is 4.56. The van der Waals surface area contributed by atoms with E-state index in [0.717, 1.165) is 16.9 Å². The molecule has 0 saturated carbocycles. The number of rotatable bonds is 8. The number of furan rings is 1. The van der Waals surface area contributed by atoms with Crippen LogP contribution in [-0.4, -0.2) is 30.4 Å². The summed E-state index contributed by atoms with van der Waals surface area (Å²) in [6, 6.07) is 8.26. The number of thioether (sulfide) groups is 1. The molecule has 1 aromatic heterocycles. The van der Waals surface area contributed by atoms with Crippen LogP contribution in [0.1, 0.15) is 30.7 Å². The van der Waals surface area contributed by atoms with Crippen LogP contribution in [0.4, 0.5) is 4.39 Å². The fourth-order valence-corrected chi connectivity index (χ4v) is 3.05. The van der Waals surface area contributed by atoms with Crippen molar-refractivity contribution in [1.29, 1.82) is 0 Å². The van der Waals surface area contributed by atoms with Crippen LogP contribution in [0.15, 0.2) is 46.0 Å². The number of hydrogen-bond donors (Lipinski definition) is 3. The van der Waals surface area contributed by atoms with E-state index in [2.05, 4.69) is 15.6 Å². The molecule has 1 unspecified atom stereocenters. The van der Waals surface area contributed by atoms with Crippen LogP contribution in [0.5, 0.6) is 0 Å². The highest BCUT2D eigenvalue weighted by atomic mass is 32.2. The van der Waals surface area contributed by atoms with Crippen molar-refractivity contribution in [2.75, 3.05) is 19.3 Å². The number of nitrogens with zero attached hydrogens (tertiary/aromatic N) is 1. The van der Waals surface area contributed by atoms with Crippen molar-refractivity contribution in [3.8, 4) is 0 Å². The molecule has 1 aromatic carbocycles. The van der Waals surface area contributed by atoms with Gasteiger partial charge in [0, 0.05) is 12.3 Å². The maximum Gasteiger partial charge on any atom is 0.191 e. The lowest BCUT2D eigenvalue weighted by Crippen LogP contribution is -2.44. The van der Waals surface area contributed by atoms with Gasteiger partial charge in [0.15, 0.2) is 5.96 Å². The first-order chi connectivity index (χ1) is 12.5. The van der Waals surface area contributed by atoms with E-state index in [0.29, 0.717) is 24.8 Å². The molecule has 0 aliphatic heterocycles. The molecule has 2 aromatic rings. The second-order valence-electron chi connectivity index (χ2n) is 6.15. The molecule has 2 rings (SSSR count). The van der Waals surface area contributed by atoms with Crippen LogP contribution >= 0.6 is 11.8 Å².